The van der Waals surface area contributed by atoms with Crippen LogP contribution in [-0.4, -0.2) is 33.9 Å². The highest BCUT2D eigenvalue weighted by Gasteiger charge is 2.26. The Morgan fingerprint density at radius 3 is 2.75 bits per heavy atom. The van der Waals surface area contributed by atoms with Gasteiger partial charge in [-0.25, -0.2) is 4.98 Å². The molecule has 24 heavy (non-hydrogen) atoms. The molecule has 4 heteroatoms. The molecule has 0 radical (unpaired) electrons. The Kier molecular flexibility index (Phi) is 4.03. The third-order valence-corrected chi connectivity index (χ3v) is 4.77. The van der Waals surface area contributed by atoms with Crippen molar-refractivity contribution >= 4 is 16.9 Å². The van der Waals surface area contributed by atoms with Gasteiger partial charge >= 0.3 is 0 Å². The predicted molar refractivity (Wildman–Crippen MR) is 94.8 cm³/mol. The van der Waals surface area contributed by atoms with E-state index in [0.717, 1.165) is 48.4 Å². The molecule has 1 saturated heterocycles. The van der Waals surface area contributed by atoms with Crippen LogP contribution in [-0.2, 0) is 11.2 Å². The van der Waals surface area contributed by atoms with Crippen molar-refractivity contribution in [1.82, 2.24) is 14.9 Å². The Labute approximate surface area is 141 Å². The van der Waals surface area contributed by atoms with Gasteiger partial charge in [0.25, 0.3) is 0 Å². The second kappa shape index (κ2) is 6.48. The van der Waals surface area contributed by atoms with Gasteiger partial charge in [0.1, 0.15) is 5.82 Å². The fraction of sp³-hybridized carbons (Fsp3) is 0.300. The van der Waals surface area contributed by atoms with Crippen LogP contribution in [0.2, 0.25) is 0 Å². The molecule has 1 aromatic heterocycles. The van der Waals surface area contributed by atoms with Crippen LogP contribution in [0, 0.1) is 0 Å². The average molecular weight is 319 g/mol. The Morgan fingerprint density at radius 2 is 1.92 bits per heavy atom. The molecule has 0 aliphatic carbocycles. The number of fused-ring (bicyclic) bond motifs is 1. The Morgan fingerprint density at radius 1 is 1.12 bits per heavy atom. The van der Waals surface area contributed by atoms with Crippen molar-refractivity contribution in [3.63, 3.8) is 0 Å². The number of rotatable bonds is 3. The molecule has 0 saturated carbocycles. The summed E-state index contributed by atoms with van der Waals surface area (Å²) in [6, 6.07) is 18.1. The van der Waals surface area contributed by atoms with Crippen LogP contribution < -0.4 is 0 Å². The summed E-state index contributed by atoms with van der Waals surface area (Å²) in [5.74, 6) is 1.52. The van der Waals surface area contributed by atoms with Crippen LogP contribution in [0.1, 0.15) is 30.1 Å². The smallest absolute Gasteiger partial charge is 0.227 e. The Balaban J connectivity index is 1.48. The number of aromatic amines is 1. The molecule has 1 fully saturated rings. The number of nitrogens with zero attached hydrogens (tertiary/aromatic N) is 2. The second-order valence-electron chi connectivity index (χ2n) is 6.48. The molecule has 4 rings (SSSR count). The molecule has 0 spiro atoms. The molecular weight excluding hydrogens is 298 g/mol. The summed E-state index contributed by atoms with van der Waals surface area (Å²) in [7, 11) is 0. The molecule has 4 nitrogen and oxygen atoms in total. The molecule has 1 atom stereocenters. The molecule has 3 aromatic rings. The lowest BCUT2D eigenvalue weighted by atomic mass is 9.96. The lowest BCUT2D eigenvalue weighted by molar-refractivity contribution is -0.131. The van der Waals surface area contributed by atoms with E-state index < -0.39 is 0 Å². The van der Waals surface area contributed by atoms with Gasteiger partial charge in [0, 0.05) is 19.0 Å². The second-order valence-corrected chi connectivity index (χ2v) is 6.48. The average Bonchev–Trinajstić information content (AvgIpc) is 3.07. The number of carbonyl (C=O) groups excluding carboxylic acids is 1. The van der Waals surface area contributed by atoms with E-state index in [1.807, 2.05) is 59.5 Å². The lowest BCUT2D eigenvalue weighted by Crippen LogP contribution is -2.40. The van der Waals surface area contributed by atoms with Gasteiger partial charge in [-0.2, -0.15) is 0 Å². The van der Waals surface area contributed by atoms with Gasteiger partial charge in [-0.15, -0.1) is 0 Å². The zero-order valence-corrected chi connectivity index (χ0v) is 13.6. The first-order valence-electron chi connectivity index (χ1n) is 8.56. The van der Waals surface area contributed by atoms with Crippen molar-refractivity contribution in [3.8, 4) is 0 Å². The number of hydrogen-bond acceptors (Lipinski definition) is 2. The van der Waals surface area contributed by atoms with Gasteiger partial charge in [0.15, 0.2) is 0 Å². The van der Waals surface area contributed by atoms with E-state index in [9.17, 15) is 4.79 Å². The quantitative estimate of drug-likeness (QED) is 0.803. The van der Waals surface area contributed by atoms with E-state index >= 15 is 0 Å². The van der Waals surface area contributed by atoms with Crippen molar-refractivity contribution in [2.45, 2.75) is 25.2 Å². The normalized spacial score (nSPS) is 18.0. The summed E-state index contributed by atoms with van der Waals surface area (Å²) in [5, 5.41) is 0. The highest BCUT2D eigenvalue weighted by atomic mass is 16.2. The van der Waals surface area contributed by atoms with Crippen molar-refractivity contribution in [1.29, 1.82) is 0 Å². The van der Waals surface area contributed by atoms with E-state index in [0.29, 0.717) is 12.3 Å². The molecule has 1 N–H and O–H groups in total. The van der Waals surface area contributed by atoms with Crippen molar-refractivity contribution in [2.24, 2.45) is 0 Å². The van der Waals surface area contributed by atoms with Gasteiger partial charge in [-0.1, -0.05) is 42.5 Å². The molecule has 1 amide bonds. The number of aromatic nitrogens is 2. The van der Waals surface area contributed by atoms with Crippen molar-refractivity contribution < 1.29 is 4.79 Å². The van der Waals surface area contributed by atoms with Crippen LogP contribution in [0.5, 0.6) is 0 Å². The maximum Gasteiger partial charge on any atom is 0.227 e. The monoisotopic (exact) mass is 319 g/mol. The van der Waals surface area contributed by atoms with E-state index in [4.69, 9.17) is 4.98 Å². The van der Waals surface area contributed by atoms with Gasteiger partial charge < -0.3 is 9.88 Å². The summed E-state index contributed by atoms with van der Waals surface area (Å²) in [6.07, 6.45) is 2.59. The van der Waals surface area contributed by atoms with Crippen molar-refractivity contribution in [2.75, 3.05) is 13.1 Å². The van der Waals surface area contributed by atoms with Crippen LogP contribution >= 0.6 is 0 Å². The fourth-order valence-electron chi connectivity index (χ4n) is 3.48. The van der Waals surface area contributed by atoms with Gasteiger partial charge in [0.2, 0.25) is 5.91 Å². The summed E-state index contributed by atoms with van der Waals surface area (Å²) in [4.78, 5) is 22.8. The number of carbonyl (C=O) groups is 1. The standard InChI is InChI=1S/C20H21N3O/c24-19(13-15-7-2-1-3-8-15)23-12-6-9-16(14-23)20-21-17-10-4-5-11-18(17)22-20/h1-5,7-8,10-11,16H,6,9,12-14H2,(H,21,22)/t16-/m0/s1. The number of hydrogen-bond donors (Lipinski definition) is 1. The maximum absolute atomic E-state index is 12.6. The maximum atomic E-state index is 12.6. The van der Waals surface area contributed by atoms with Crippen LogP contribution in [0.15, 0.2) is 54.6 Å². The van der Waals surface area contributed by atoms with Gasteiger partial charge in [-0.05, 0) is 30.5 Å². The molecule has 2 heterocycles. The summed E-state index contributed by atoms with van der Waals surface area (Å²) in [6.45, 7) is 1.61. The number of benzene rings is 2. The number of imidazole rings is 1. The van der Waals surface area contributed by atoms with E-state index in [2.05, 4.69) is 4.98 Å². The van der Waals surface area contributed by atoms with Crippen LogP contribution in [0.25, 0.3) is 11.0 Å². The van der Waals surface area contributed by atoms with Crippen molar-refractivity contribution in [3.05, 3.63) is 66.0 Å². The topological polar surface area (TPSA) is 49.0 Å². The highest BCUT2D eigenvalue weighted by molar-refractivity contribution is 5.79. The number of para-hydroxylation sites is 2. The number of amides is 1. The van der Waals surface area contributed by atoms with Crippen LogP contribution in [0.3, 0.4) is 0 Å². The third kappa shape index (κ3) is 3.04. The van der Waals surface area contributed by atoms with Crippen LogP contribution in [0.4, 0.5) is 0 Å². The molecule has 1 aliphatic heterocycles. The van der Waals surface area contributed by atoms with E-state index in [-0.39, 0.29) is 5.91 Å². The molecular formula is C20H21N3O. The molecule has 0 bridgehead atoms. The predicted octanol–water partition coefficient (Wildman–Crippen LogP) is 3.51. The van der Waals surface area contributed by atoms with Gasteiger partial charge in [0.05, 0.1) is 17.5 Å². The first kappa shape index (κ1) is 14.9. The minimum atomic E-state index is 0.210. The SMILES string of the molecule is O=C(Cc1ccccc1)N1CCC[C@H](c2nc3ccccc3[nH]2)C1. The fourth-order valence-corrected chi connectivity index (χ4v) is 3.48. The zero-order valence-electron chi connectivity index (χ0n) is 13.6. The molecule has 122 valence electrons. The Hall–Kier alpha value is -2.62. The minimum Gasteiger partial charge on any atom is -0.342 e. The first-order valence-corrected chi connectivity index (χ1v) is 8.56. The number of nitrogens with one attached hydrogen (secondary N) is 1. The minimum absolute atomic E-state index is 0.210. The largest absolute Gasteiger partial charge is 0.342 e. The van der Waals surface area contributed by atoms with Gasteiger partial charge in [-0.3, -0.25) is 4.79 Å². The first-order chi connectivity index (χ1) is 11.8. The summed E-state index contributed by atoms with van der Waals surface area (Å²) >= 11 is 0. The highest BCUT2D eigenvalue weighted by Crippen LogP contribution is 2.27. The molecule has 2 aromatic carbocycles. The lowest BCUT2D eigenvalue weighted by Gasteiger charge is -2.32. The number of H-pyrrole nitrogens is 1. The molecule has 0 unspecified atom stereocenters. The number of piperidine rings is 1. The summed E-state index contributed by atoms with van der Waals surface area (Å²) < 4.78 is 0. The van der Waals surface area contributed by atoms with E-state index in [1.165, 1.54) is 0 Å². The number of likely N-dealkylation sites (tertiary alicyclic amines) is 1. The molecule has 1 aliphatic rings. The third-order valence-electron chi connectivity index (χ3n) is 4.77. The van der Waals surface area contributed by atoms with E-state index in [1.54, 1.807) is 0 Å². The zero-order chi connectivity index (χ0) is 16.4. The Bertz CT molecular complexity index is 807. The summed E-state index contributed by atoms with van der Waals surface area (Å²) in [5.41, 5.74) is 3.15.